The number of carbonyl (C=O) groups excluding carboxylic acids is 2. The van der Waals surface area contributed by atoms with Crippen LogP contribution in [-0.2, 0) is 22.7 Å². The van der Waals surface area contributed by atoms with Crippen molar-refractivity contribution in [2.24, 2.45) is 5.92 Å². The second kappa shape index (κ2) is 11.4. The predicted molar refractivity (Wildman–Crippen MR) is 117 cm³/mol. The van der Waals surface area contributed by atoms with E-state index in [1.165, 1.54) is 31.5 Å². The molecular weight excluding hydrogens is 378 g/mol. The van der Waals surface area contributed by atoms with Gasteiger partial charge >= 0.3 is 0 Å². The molecule has 0 aliphatic carbocycles. The fourth-order valence-corrected chi connectivity index (χ4v) is 3.40. The van der Waals surface area contributed by atoms with E-state index < -0.39 is 0 Å². The molecule has 2 N–H and O–H groups in total. The molecular formula is C24H31N3O3. The van der Waals surface area contributed by atoms with Crippen molar-refractivity contribution in [3.05, 3.63) is 65.7 Å². The topological polar surface area (TPSA) is 70.7 Å². The molecule has 0 aromatic heterocycles. The minimum Gasteiger partial charge on any atom is -0.484 e. The van der Waals surface area contributed by atoms with Gasteiger partial charge in [0.05, 0.1) is 6.54 Å². The number of amides is 2. The van der Waals surface area contributed by atoms with Crippen LogP contribution in [0.5, 0.6) is 5.75 Å². The van der Waals surface area contributed by atoms with Crippen LogP contribution in [0.1, 0.15) is 30.9 Å². The molecule has 6 heteroatoms. The third-order valence-electron chi connectivity index (χ3n) is 5.35. The smallest absolute Gasteiger partial charge is 0.258 e. The molecule has 1 fully saturated rings. The van der Waals surface area contributed by atoms with Gasteiger partial charge in [0.25, 0.3) is 5.91 Å². The van der Waals surface area contributed by atoms with Gasteiger partial charge in [0.1, 0.15) is 5.75 Å². The Hall–Kier alpha value is -2.86. The fourth-order valence-electron chi connectivity index (χ4n) is 3.40. The quantitative estimate of drug-likeness (QED) is 0.668. The number of hydrogen-bond donors (Lipinski definition) is 2. The van der Waals surface area contributed by atoms with Gasteiger partial charge < -0.3 is 15.4 Å². The number of carbonyl (C=O) groups is 2. The molecule has 2 aromatic rings. The summed E-state index contributed by atoms with van der Waals surface area (Å²) < 4.78 is 5.35. The number of piperidine rings is 1. The number of ether oxygens (including phenoxy) is 1. The first-order valence-corrected chi connectivity index (χ1v) is 10.6. The summed E-state index contributed by atoms with van der Waals surface area (Å²) in [5.74, 6) is 0.906. The van der Waals surface area contributed by atoms with E-state index in [0.717, 1.165) is 18.0 Å². The summed E-state index contributed by atoms with van der Waals surface area (Å²) in [7, 11) is 0. The van der Waals surface area contributed by atoms with E-state index in [1.54, 1.807) is 12.1 Å². The van der Waals surface area contributed by atoms with Crippen LogP contribution in [0.25, 0.3) is 0 Å². The number of nitrogens with one attached hydrogen (secondary N) is 2. The van der Waals surface area contributed by atoms with Gasteiger partial charge in [-0.2, -0.15) is 0 Å². The van der Waals surface area contributed by atoms with Crippen molar-refractivity contribution in [3.63, 3.8) is 0 Å². The van der Waals surface area contributed by atoms with Gasteiger partial charge in [-0.25, -0.2) is 0 Å². The summed E-state index contributed by atoms with van der Waals surface area (Å²) in [5.41, 5.74) is 2.34. The largest absolute Gasteiger partial charge is 0.484 e. The Balaban J connectivity index is 1.31. The molecule has 1 aliphatic heterocycles. The van der Waals surface area contributed by atoms with Gasteiger partial charge in [-0.3, -0.25) is 14.5 Å². The van der Waals surface area contributed by atoms with Crippen molar-refractivity contribution >= 4 is 11.8 Å². The Kier molecular flexibility index (Phi) is 8.27. The fraction of sp³-hybridized carbons (Fsp3) is 0.417. The van der Waals surface area contributed by atoms with Crippen molar-refractivity contribution in [1.29, 1.82) is 0 Å². The molecule has 3 rings (SSSR count). The molecule has 0 saturated carbocycles. The van der Waals surface area contributed by atoms with E-state index in [0.29, 0.717) is 12.3 Å². The minimum atomic E-state index is -0.328. The zero-order chi connectivity index (χ0) is 21.2. The average molecular weight is 410 g/mol. The second-order valence-corrected chi connectivity index (χ2v) is 7.93. The zero-order valence-corrected chi connectivity index (χ0v) is 17.6. The van der Waals surface area contributed by atoms with Crippen LogP contribution in [-0.4, -0.2) is 43.0 Å². The standard InChI is InChI=1S/C24H31N3O3/c1-19-11-13-27(14-12-19)17-21-9-7-20(8-10-21)15-25-23(28)16-26-24(29)18-30-22-5-3-2-4-6-22/h2-10,19H,11-18H2,1H3,(H,25,28)(H,26,29). The van der Waals surface area contributed by atoms with Crippen LogP contribution < -0.4 is 15.4 Å². The molecule has 0 unspecified atom stereocenters. The van der Waals surface area contributed by atoms with E-state index in [-0.39, 0.29) is 25.0 Å². The lowest BCUT2D eigenvalue weighted by Gasteiger charge is -2.30. The highest BCUT2D eigenvalue weighted by Gasteiger charge is 2.15. The Bertz CT molecular complexity index is 800. The van der Waals surface area contributed by atoms with E-state index in [1.807, 2.05) is 18.2 Å². The molecule has 2 amide bonds. The van der Waals surface area contributed by atoms with Gasteiger partial charge in [0.2, 0.25) is 5.91 Å². The van der Waals surface area contributed by atoms with Crippen LogP contribution in [0, 0.1) is 5.92 Å². The number of likely N-dealkylation sites (tertiary alicyclic amines) is 1. The number of benzene rings is 2. The number of nitrogens with zero attached hydrogens (tertiary/aromatic N) is 1. The van der Waals surface area contributed by atoms with Crippen molar-refractivity contribution in [1.82, 2.24) is 15.5 Å². The highest BCUT2D eigenvalue weighted by atomic mass is 16.5. The highest BCUT2D eigenvalue weighted by molar-refractivity contribution is 5.85. The molecule has 160 valence electrons. The first kappa shape index (κ1) is 21.8. The number of hydrogen-bond acceptors (Lipinski definition) is 4. The van der Waals surface area contributed by atoms with Crippen LogP contribution in [0.2, 0.25) is 0 Å². The molecule has 1 saturated heterocycles. The molecule has 0 atom stereocenters. The summed E-state index contributed by atoms with van der Waals surface area (Å²) >= 11 is 0. The second-order valence-electron chi connectivity index (χ2n) is 7.93. The number of rotatable bonds is 9. The molecule has 0 spiro atoms. The highest BCUT2D eigenvalue weighted by Crippen LogP contribution is 2.18. The third kappa shape index (κ3) is 7.52. The van der Waals surface area contributed by atoms with Gasteiger partial charge in [-0.15, -0.1) is 0 Å². The van der Waals surface area contributed by atoms with Crippen molar-refractivity contribution in [3.8, 4) is 5.75 Å². The monoisotopic (exact) mass is 409 g/mol. The predicted octanol–water partition coefficient (Wildman–Crippen LogP) is 2.73. The lowest BCUT2D eigenvalue weighted by Crippen LogP contribution is -2.38. The maximum atomic E-state index is 12.0. The normalized spacial score (nSPS) is 14.8. The first-order chi connectivity index (χ1) is 14.6. The zero-order valence-electron chi connectivity index (χ0n) is 17.6. The SMILES string of the molecule is CC1CCN(Cc2ccc(CNC(=O)CNC(=O)COc3ccccc3)cc2)CC1. The van der Waals surface area contributed by atoms with Gasteiger partial charge in [0.15, 0.2) is 6.61 Å². The molecule has 0 bridgehead atoms. The molecule has 2 aromatic carbocycles. The Morgan fingerprint density at radius 2 is 1.60 bits per heavy atom. The molecule has 6 nitrogen and oxygen atoms in total. The first-order valence-electron chi connectivity index (χ1n) is 10.6. The van der Waals surface area contributed by atoms with Gasteiger partial charge in [-0.1, -0.05) is 49.4 Å². The lowest BCUT2D eigenvalue weighted by molar-refractivity contribution is -0.127. The Morgan fingerprint density at radius 3 is 2.30 bits per heavy atom. The third-order valence-corrected chi connectivity index (χ3v) is 5.35. The summed E-state index contributed by atoms with van der Waals surface area (Å²) in [6.45, 7) is 5.90. The molecule has 1 aliphatic rings. The average Bonchev–Trinajstić information content (AvgIpc) is 2.78. The summed E-state index contributed by atoms with van der Waals surface area (Å²) in [5, 5.41) is 5.39. The van der Waals surface area contributed by atoms with E-state index in [4.69, 9.17) is 4.74 Å². The van der Waals surface area contributed by atoms with Crippen molar-refractivity contribution < 1.29 is 14.3 Å². The van der Waals surface area contributed by atoms with Crippen molar-refractivity contribution in [2.45, 2.75) is 32.9 Å². The van der Waals surface area contributed by atoms with Crippen molar-refractivity contribution in [2.75, 3.05) is 26.2 Å². The molecule has 1 heterocycles. The molecule has 0 radical (unpaired) electrons. The van der Waals surface area contributed by atoms with Gasteiger partial charge in [0, 0.05) is 13.1 Å². The Morgan fingerprint density at radius 1 is 0.933 bits per heavy atom. The maximum absolute atomic E-state index is 12.0. The lowest BCUT2D eigenvalue weighted by atomic mass is 9.99. The van der Waals surface area contributed by atoms with E-state index in [9.17, 15) is 9.59 Å². The van der Waals surface area contributed by atoms with Crippen LogP contribution in [0.3, 0.4) is 0 Å². The van der Waals surface area contributed by atoms with Crippen LogP contribution >= 0.6 is 0 Å². The van der Waals surface area contributed by atoms with E-state index >= 15 is 0 Å². The summed E-state index contributed by atoms with van der Waals surface area (Å²) in [6, 6.07) is 17.5. The molecule has 30 heavy (non-hydrogen) atoms. The number of para-hydroxylation sites is 1. The summed E-state index contributed by atoms with van der Waals surface area (Å²) in [4.78, 5) is 26.3. The Labute approximate surface area is 178 Å². The van der Waals surface area contributed by atoms with Gasteiger partial charge in [-0.05, 0) is 55.1 Å². The minimum absolute atomic E-state index is 0.0670. The maximum Gasteiger partial charge on any atom is 0.258 e. The summed E-state index contributed by atoms with van der Waals surface area (Å²) in [6.07, 6.45) is 2.55. The van der Waals surface area contributed by atoms with E-state index in [2.05, 4.69) is 46.7 Å². The van der Waals surface area contributed by atoms with Crippen LogP contribution in [0.4, 0.5) is 0 Å². The van der Waals surface area contributed by atoms with Crippen LogP contribution in [0.15, 0.2) is 54.6 Å².